The van der Waals surface area contributed by atoms with E-state index in [0.29, 0.717) is 6.42 Å². The largest absolute Gasteiger partial charge is 0.455 e. The van der Waals surface area contributed by atoms with Crippen LogP contribution in [-0.2, 0) is 49.3 Å². The number of hydrogen-bond donors (Lipinski definition) is 0. The van der Waals surface area contributed by atoms with E-state index in [1.807, 2.05) is 12.6 Å². The molecule has 1 heterocycles. The first kappa shape index (κ1) is 17.3. The van der Waals surface area contributed by atoms with Crippen LogP contribution in [0.3, 0.4) is 0 Å². The van der Waals surface area contributed by atoms with E-state index in [0.717, 1.165) is 12.1 Å². The molecule has 4 rings (SSSR count). The van der Waals surface area contributed by atoms with Gasteiger partial charge in [-0.2, -0.15) is 6.42 Å². The summed E-state index contributed by atoms with van der Waals surface area (Å²) in [4.78, 5) is 12.7. The molecular weight excluding hydrogens is 371 g/mol. The van der Waals surface area contributed by atoms with Crippen molar-refractivity contribution in [2.75, 3.05) is 0 Å². The van der Waals surface area contributed by atoms with Gasteiger partial charge in [0.1, 0.15) is 6.41 Å². The number of nitrogens with zero attached hydrogens (tertiary/aromatic N) is 1. The van der Waals surface area contributed by atoms with Crippen LogP contribution in [-0.4, -0.2) is 11.3 Å². The molecule has 1 spiro atoms. The van der Waals surface area contributed by atoms with E-state index in [-0.39, 0.29) is 38.1 Å². The number of hydrogen-bond acceptors (Lipinski definition) is 1. The van der Waals surface area contributed by atoms with Crippen LogP contribution in [0, 0.1) is 6.92 Å². The van der Waals surface area contributed by atoms with Crippen molar-refractivity contribution in [1.29, 1.82) is 0 Å². The Hall–Kier alpha value is -1.51. The van der Waals surface area contributed by atoms with Crippen molar-refractivity contribution in [3.05, 3.63) is 102 Å². The van der Waals surface area contributed by atoms with Crippen LogP contribution < -0.4 is 0 Å². The summed E-state index contributed by atoms with van der Waals surface area (Å²) in [6.45, 7) is 3.97. The molecule has 0 saturated carbocycles. The van der Waals surface area contributed by atoms with Gasteiger partial charge >= 0.3 is 0 Å². The molecule has 2 nitrogen and oxygen atoms in total. The predicted molar refractivity (Wildman–Crippen MR) is 91.2 cm³/mol. The molecule has 0 aromatic heterocycles. The molecular formula is C21H17NOY-2. The van der Waals surface area contributed by atoms with E-state index in [4.69, 9.17) is 0 Å². The molecule has 2 aromatic carbocycles. The molecule has 0 N–H and O–H groups in total. The minimum atomic E-state index is -0.328. The van der Waals surface area contributed by atoms with Crippen molar-refractivity contribution in [3.8, 4) is 0 Å². The number of carbonyl (C=O) groups excluding carboxylic acids is 1. The Morgan fingerprint density at radius 3 is 2.17 bits per heavy atom. The van der Waals surface area contributed by atoms with Crippen molar-refractivity contribution in [3.63, 3.8) is 0 Å². The van der Waals surface area contributed by atoms with Gasteiger partial charge in [-0.3, -0.25) is 0 Å². The van der Waals surface area contributed by atoms with E-state index < -0.39 is 0 Å². The fourth-order valence-corrected chi connectivity index (χ4v) is 3.79. The molecule has 2 aromatic rings. The van der Waals surface area contributed by atoms with Crippen molar-refractivity contribution < 1.29 is 37.5 Å². The second-order valence-corrected chi connectivity index (χ2v) is 6.02. The number of rotatable bonds is 2. The first-order valence-electron chi connectivity index (χ1n) is 7.82. The Bertz CT molecular complexity index is 792. The zero-order valence-electron chi connectivity index (χ0n) is 13.4. The Kier molecular flexibility index (Phi) is 4.89. The van der Waals surface area contributed by atoms with Crippen molar-refractivity contribution in [2.45, 2.75) is 18.3 Å². The summed E-state index contributed by atoms with van der Waals surface area (Å²) in [6, 6.07) is 17.1. The summed E-state index contributed by atoms with van der Waals surface area (Å²) in [6.07, 6.45) is 9.55. The maximum absolute atomic E-state index is 11.2. The van der Waals surface area contributed by atoms with Crippen LogP contribution in [0.4, 0.5) is 0 Å². The van der Waals surface area contributed by atoms with Gasteiger partial charge in [-0.05, 0) is 28.7 Å². The quantitative estimate of drug-likeness (QED) is 0.716. The van der Waals surface area contributed by atoms with Gasteiger partial charge in [0.15, 0.2) is 0 Å². The SMILES string of the molecule is [CH2-]CC1=CC2(C=CN1[C-]=O)c1ccccc1Cc1ccccc12.[Y]. The average Bonchev–Trinajstić information content (AvgIpc) is 2.62. The Morgan fingerprint density at radius 2 is 1.62 bits per heavy atom. The molecule has 0 atom stereocenters. The summed E-state index contributed by atoms with van der Waals surface area (Å²) < 4.78 is 0. The maximum Gasteiger partial charge on any atom is 0.148 e. The van der Waals surface area contributed by atoms with Crippen LogP contribution in [0.15, 0.2) is 72.6 Å². The first-order valence-corrected chi connectivity index (χ1v) is 7.82. The summed E-state index contributed by atoms with van der Waals surface area (Å²) in [5, 5.41) is 0. The van der Waals surface area contributed by atoms with Gasteiger partial charge in [-0.25, -0.2) is 0 Å². The van der Waals surface area contributed by atoms with Gasteiger partial charge in [-0.15, -0.1) is 24.0 Å². The number of amides is 1. The third-order valence-corrected chi connectivity index (χ3v) is 4.85. The van der Waals surface area contributed by atoms with Crippen molar-refractivity contribution in [1.82, 2.24) is 4.90 Å². The minimum Gasteiger partial charge on any atom is -0.455 e. The normalized spacial score (nSPS) is 16.7. The van der Waals surface area contributed by atoms with Crippen LogP contribution in [0.5, 0.6) is 0 Å². The molecule has 2 aliphatic rings. The summed E-state index contributed by atoms with van der Waals surface area (Å²) >= 11 is 0. The van der Waals surface area contributed by atoms with Gasteiger partial charge in [0, 0.05) is 38.1 Å². The zero-order valence-corrected chi connectivity index (χ0v) is 16.2. The maximum atomic E-state index is 11.2. The van der Waals surface area contributed by atoms with Gasteiger partial charge < -0.3 is 16.6 Å². The molecule has 0 fully saturated rings. The second-order valence-electron chi connectivity index (χ2n) is 6.02. The van der Waals surface area contributed by atoms with E-state index in [1.165, 1.54) is 27.2 Å². The average molecular weight is 388 g/mol. The molecule has 0 unspecified atom stereocenters. The van der Waals surface area contributed by atoms with E-state index in [9.17, 15) is 4.79 Å². The number of benzene rings is 2. The molecule has 1 aliphatic heterocycles. The summed E-state index contributed by atoms with van der Waals surface area (Å²) in [5.41, 5.74) is 5.79. The Balaban J connectivity index is 0.00000169. The topological polar surface area (TPSA) is 20.3 Å². The first-order chi connectivity index (χ1) is 11.3. The molecule has 24 heavy (non-hydrogen) atoms. The minimum absolute atomic E-state index is 0. The molecule has 1 radical (unpaired) electrons. The zero-order chi connectivity index (χ0) is 15.9. The molecule has 1 amide bonds. The van der Waals surface area contributed by atoms with Crippen LogP contribution in [0.25, 0.3) is 0 Å². The summed E-state index contributed by atoms with van der Waals surface area (Å²) in [5.74, 6) is 0. The fourth-order valence-electron chi connectivity index (χ4n) is 3.79. The van der Waals surface area contributed by atoms with Gasteiger partial charge in [0.25, 0.3) is 0 Å². The molecule has 1 aliphatic carbocycles. The van der Waals surface area contributed by atoms with Crippen LogP contribution in [0.1, 0.15) is 28.7 Å². The summed E-state index contributed by atoms with van der Waals surface area (Å²) in [7, 11) is 0. The number of fused-ring (bicyclic) bond motifs is 4. The predicted octanol–water partition coefficient (Wildman–Crippen LogP) is 3.88. The van der Waals surface area contributed by atoms with E-state index >= 15 is 0 Å². The fraction of sp³-hybridized carbons (Fsp3) is 0.143. The van der Waals surface area contributed by atoms with Crippen molar-refractivity contribution in [2.24, 2.45) is 0 Å². The number of allylic oxidation sites excluding steroid dienone is 3. The third kappa shape index (κ3) is 2.53. The Labute approximate surface area is 168 Å². The van der Waals surface area contributed by atoms with Crippen molar-refractivity contribution >= 4 is 6.41 Å². The third-order valence-electron chi connectivity index (χ3n) is 4.85. The smallest absolute Gasteiger partial charge is 0.148 e. The van der Waals surface area contributed by atoms with Crippen LogP contribution in [0.2, 0.25) is 0 Å². The van der Waals surface area contributed by atoms with E-state index in [1.54, 1.807) is 0 Å². The van der Waals surface area contributed by atoms with Gasteiger partial charge in [-0.1, -0.05) is 48.5 Å². The molecule has 117 valence electrons. The van der Waals surface area contributed by atoms with Crippen LogP contribution >= 0.6 is 0 Å². The Morgan fingerprint density at radius 1 is 1.04 bits per heavy atom. The second kappa shape index (κ2) is 6.78. The standard InChI is InChI=1S/C21H17NO.Y/c1-2-18-14-21(11-12-22(18)15-23)19-9-5-3-7-16(19)13-17-8-4-6-10-20(17)21;/h3-12,14H,1-2,13H2;/q-2;. The molecule has 3 heteroatoms. The van der Waals surface area contributed by atoms with Gasteiger partial charge in [0.05, 0.1) is 0 Å². The van der Waals surface area contributed by atoms with Gasteiger partial charge in [0.2, 0.25) is 0 Å². The molecule has 0 saturated heterocycles. The molecule has 0 bridgehead atoms. The van der Waals surface area contributed by atoms with E-state index in [2.05, 4.69) is 67.6 Å². The monoisotopic (exact) mass is 388 g/mol.